The molecule has 0 aromatic heterocycles. The van der Waals surface area contributed by atoms with Crippen LogP contribution < -0.4 is 10.2 Å². The van der Waals surface area contributed by atoms with Crippen molar-refractivity contribution in [3.8, 4) is 0 Å². The third kappa shape index (κ3) is 5.18. The van der Waals surface area contributed by atoms with Crippen LogP contribution in [0, 0.1) is 5.41 Å². The average Bonchev–Trinajstić information content (AvgIpc) is 3.42. The Morgan fingerprint density at radius 2 is 1.86 bits per heavy atom. The Kier molecular flexibility index (Phi) is 7.54. The van der Waals surface area contributed by atoms with E-state index in [4.69, 9.17) is 10.3 Å². The molecule has 0 saturated carbocycles. The number of benzene rings is 1. The second-order valence-corrected chi connectivity index (χ2v) is 10.7. The zero-order valence-corrected chi connectivity index (χ0v) is 21.4. The van der Waals surface area contributed by atoms with Gasteiger partial charge in [0.25, 0.3) is 5.91 Å². The molecule has 1 aromatic carbocycles. The molecule has 3 heterocycles. The molecular weight excluding hydrogens is 462 g/mol. The molecule has 0 bridgehead atoms. The van der Waals surface area contributed by atoms with Gasteiger partial charge in [0.15, 0.2) is 5.78 Å². The maximum atomic E-state index is 13.7. The lowest BCUT2D eigenvalue weighted by molar-refractivity contribution is -0.140. The van der Waals surface area contributed by atoms with E-state index in [2.05, 4.69) is 32.1 Å². The summed E-state index contributed by atoms with van der Waals surface area (Å²) >= 11 is 0. The van der Waals surface area contributed by atoms with Gasteiger partial charge in [0.1, 0.15) is 18.7 Å². The molecular formula is C25H35N7O4. The number of carbonyl (C=O) groups is 3. The highest BCUT2D eigenvalue weighted by Crippen LogP contribution is 2.32. The molecule has 194 valence electrons. The van der Waals surface area contributed by atoms with Crippen LogP contribution in [-0.4, -0.2) is 97.5 Å². The molecule has 0 spiro atoms. The van der Waals surface area contributed by atoms with Crippen LogP contribution in [-0.2, 0) is 14.3 Å². The number of amides is 2. The minimum Gasteiger partial charge on any atom is -0.369 e. The highest BCUT2D eigenvalue weighted by molar-refractivity contribution is 5.99. The zero-order chi connectivity index (χ0) is 26.0. The maximum absolute atomic E-state index is 13.7. The summed E-state index contributed by atoms with van der Waals surface area (Å²) in [5.41, 5.74) is 9.80. The summed E-state index contributed by atoms with van der Waals surface area (Å²) in [6.45, 7) is 12.7. The van der Waals surface area contributed by atoms with Crippen molar-refractivity contribution in [2.45, 2.75) is 51.9 Å². The summed E-state index contributed by atoms with van der Waals surface area (Å²) in [5.74, 6) is -0.967. The van der Waals surface area contributed by atoms with Gasteiger partial charge in [-0.05, 0) is 41.8 Å². The minimum atomic E-state index is -0.884. The van der Waals surface area contributed by atoms with Gasteiger partial charge in [-0.2, -0.15) is 0 Å². The van der Waals surface area contributed by atoms with Gasteiger partial charge in [0.05, 0.1) is 12.1 Å². The van der Waals surface area contributed by atoms with Crippen LogP contribution in [0.4, 0.5) is 5.69 Å². The Hall–Kier alpha value is -3.14. The number of ketones is 1. The van der Waals surface area contributed by atoms with E-state index in [1.165, 1.54) is 4.90 Å². The molecule has 3 aliphatic heterocycles. The summed E-state index contributed by atoms with van der Waals surface area (Å²) in [7, 11) is 0. The maximum Gasteiger partial charge on any atom is 0.251 e. The molecule has 0 radical (unpaired) electrons. The molecule has 3 saturated heterocycles. The topological polar surface area (TPSA) is 131 Å². The molecule has 3 aliphatic rings. The van der Waals surface area contributed by atoms with Gasteiger partial charge in [-0.15, -0.1) is 0 Å². The predicted octanol–water partition coefficient (Wildman–Crippen LogP) is 1.83. The first-order valence-corrected chi connectivity index (χ1v) is 12.5. The number of nitrogens with one attached hydrogen (secondary N) is 1. The second kappa shape index (κ2) is 10.5. The van der Waals surface area contributed by atoms with Crippen molar-refractivity contribution < 1.29 is 19.1 Å². The Labute approximate surface area is 211 Å². The standard InChI is InChI=1S/C25H35N7O4/c1-5-30-10-12-31(13-11-30)17-8-6-16(7-9-17)23(34)27-22(25(2,3)4)24(35)32-14-18(28-29-26)21-20(32)19(33)15-36-21/h6-9,18,20-22H,5,10-15H2,1-4H3,(H,27,34)/t18-,20+,21+,22+/m0/s1. The van der Waals surface area contributed by atoms with E-state index >= 15 is 0 Å². The van der Waals surface area contributed by atoms with Gasteiger partial charge in [0.2, 0.25) is 5.91 Å². The van der Waals surface area contributed by atoms with Gasteiger partial charge in [-0.25, -0.2) is 0 Å². The van der Waals surface area contributed by atoms with Crippen molar-refractivity contribution in [3.63, 3.8) is 0 Å². The van der Waals surface area contributed by atoms with Crippen LogP contribution in [0.1, 0.15) is 38.1 Å². The minimum absolute atomic E-state index is 0.0758. The van der Waals surface area contributed by atoms with E-state index in [1.54, 1.807) is 12.1 Å². The molecule has 36 heavy (non-hydrogen) atoms. The molecule has 2 amide bonds. The van der Waals surface area contributed by atoms with Gasteiger partial charge in [0, 0.05) is 48.9 Å². The Morgan fingerprint density at radius 1 is 1.19 bits per heavy atom. The van der Waals surface area contributed by atoms with Gasteiger partial charge < -0.3 is 24.8 Å². The second-order valence-electron chi connectivity index (χ2n) is 10.7. The van der Waals surface area contributed by atoms with Gasteiger partial charge >= 0.3 is 0 Å². The number of Topliss-reactive ketones (excluding diaryl/α,β-unsaturated/α-hetero) is 1. The average molecular weight is 498 g/mol. The fourth-order valence-corrected chi connectivity index (χ4v) is 5.20. The number of piperazine rings is 1. The van der Waals surface area contributed by atoms with E-state index in [1.807, 2.05) is 32.9 Å². The quantitative estimate of drug-likeness (QED) is 0.362. The molecule has 0 unspecified atom stereocenters. The first-order chi connectivity index (χ1) is 17.1. The van der Waals surface area contributed by atoms with E-state index in [9.17, 15) is 14.4 Å². The molecule has 4 atom stereocenters. The number of hydrogen-bond donors (Lipinski definition) is 1. The normalized spacial score (nSPS) is 25.3. The van der Waals surface area contributed by atoms with Gasteiger partial charge in [-0.1, -0.05) is 32.8 Å². The Balaban J connectivity index is 1.47. The van der Waals surface area contributed by atoms with Crippen molar-refractivity contribution >= 4 is 23.3 Å². The highest BCUT2D eigenvalue weighted by Gasteiger charge is 2.53. The van der Waals surface area contributed by atoms with Crippen LogP contribution >= 0.6 is 0 Å². The van der Waals surface area contributed by atoms with Crippen molar-refractivity contribution in [1.82, 2.24) is 15.1 Å². The smallest absolute Gasteiger partial charge is 0.251 e. The molecule has 1 N–H and O–H groups in total. The Bertz CT molecular complexity index is 1040. The molecule has 11 heteroatoms. The summed E-state index contributed by atoms with van der Waals surface area (Å²) in [6.07, 6.45) is -0.652. The summed E-state index contributed by atoms with van der Waals surface area (Å²) in [4.78, 5) is 48.3. The first kappa shape index (κ1) is 25.9. The number of carbonyl (C=O) groups excluding carboxylic acids is 3. The third-order valence-electron chi connectivity index (χ3n) is 7.34. The Morgan fingerprint density at radius 3 is 2.44 bits per heavy atom. The predicted molar refractivity (Wildman–Crippen MR) is 135 cm³/mol. The molecule has 4 rings (SSSR count). The van der Waals surface area contributed by atoms with Crippen molar-refractivity contribution in [1.29, 1.82) is 0 Å². The van der Waals surface area contributed by atoms with Crippen LogP contribution in [0.2, 0.25) is 0 Å². The lowest BCUT2D eigenvalue weighted by Gasteiger charge is -2.36. The number of hydrogen-bond acceptors (Lipinski definition) is 7. The monoisotopic (exact) mass is 497 g/mol. The van der Waals surface area contributed by atoms with Crippen LogP contribution in [0.25, 0.3) is 10.4 Å². The number of fused-ring (bicyclic) bond motifs is 1. The number of likely N-dealkylation sites (tertiary alicyclic amines) is 1. The number of likely N-dealkylation sites (N-methyl/N-ethyl adjacent to an activating group) is 1. The molecule has 3 fully saturated rings. The number of azide groups is 1. The van der Waals surface area contributed by atoms with Crippen molar-refractivity contribution in [2.24, 2.45) is 10.5 Å². The number of anilines is 1. The van der Waals surface area contributed by atoms with Gasteiger partial charge in [-0.3, -0.25) is 14.4 Å². The molecule has 1 aromatic rings. The third-order valence-corrected chi connectivity index (χ3v) is 7.34. The highest BCUT2D eigenvalue weighted by atomic mass is 16.5. The van der Waals surface area contributed by atoms with Crippen molar-refractivity contribution in [3.05, 3.63) is 40.3 Å². The fraction of sp³-hybridized carbons (Fsp3) is 0.640. The van der Waals surface area contributed by atoms with E-state index in [-0.39, 0.29) is 30.7 Å². The van der Waals surface area contributed by atoms with Crippen LogP contribution in [0.5, 0.6) is 0 Å². The number of nitrogens with zero attached hydrogens (tertiary/aromatic N) is 6. The lowest BCUT2D eigenvalue weighted by Crippen LogP contribution is -2.57. The largest absolute Gasteiger partial charge is 0.369 e. The molecule has 11 nitrogen and oxygen atoms in total. The van der Waals surface area contributed by atoms with Crippen molar-refractivity contribution in [2.75, 3.05) is 50.8 Å². The summed E-state index contributed by atoms with van der Waals surface area (Å²) in [6, 6.07) is 5.10. The number of rotatable bonds is 6. The summed E-state index contributed by atoms with van der Waals surface area (Å²) < 4.78 is 5.52. The SMILES string of the molecule is CCN1CCN(c2ccc(C(=O)N[C@H](C(=O)N3C[C@H](N=[N+]=[N-])[C@H]4OCC(=O)[C@H]43)C(C)(C)C)cc2)CC1. The lowest BCUT2D eigenvalue weighted by atomic mass is 9.85. The molecule has 0 aliphatic carbocycles. The number of ether oxygens (including phenoxy) is 1. The summed E-state index contributed by atoms with van der Waals surface area (Å²) in [5, 5.41) is 6.63. The van der Waals surface area contributed by atoms with E-state index in [0.29, 0.717) is 5.56 Å². The van der Waals surface area contributed by atoms with Crippen LogP contribution in [0.3, 0.4) is 0 Å². The van der Waals surface area contributed by atoms with E-state index in [0.717, 1.165) is 38.4 Å². The zero-order valence-electron chi connectivity index (χ0n) is 21.4. The first-order valence-electron chi connectivity index (χ1n) is 12.5. The fourth-order valence-electron chi connectivity index (χ4n) is 5.20. The van der Waals surface area contributed by atoms with Crippen LogP contribution in [0.15, 0.2) is 29.4 Å². The van der Waals surface area contributed by atoms with E-state index < -0.39 is 29.6 Å².